The van der Waals surface area contributed by atoms with Crippen LogP contribution in [0.15, 0.2) is 53.3 Å². The van der Waals surface area contributed by atoms with Gasteiger partial charge in [0.1, 0.15) is 12.1 Å². The van der Waals surface area contributed by atoms with Crippen molar-refractivity contribution in [1.82, 2.24) is 9.97 Å². The largest absolute Gasteiger partial charge is 0.340 e. The van der Waals surface area contributed by atoms with Crippen molar-refractivity contribution >= 4 is 38.3 Å². The Bertz CT molecular complexity index is 740. The zero-order chi connectivity index (χ0) is 13.2. The van der Waals surface area contributed by atoms with Crippen molar-refractivity contribution in [2.24, 2.45) is 0 Å². The van der Waals surface area contributed by atoms with Gasteiger partial charge in [-0.25, -0.2) is 9.97 Å². The number of hydrogen-bond acceptors (Lipinski definition) is 3. The van der Waals surface area contributed by atoms with E-state index in [1.807, 2.05) is 30.3 Å². The highest BCUT2D eigenvalue weighted by Crippen LogP contribution is 2.27. The van der Waals surface area contributed by atoms with Crippen molar-refractivity contribution < 1.29 is 0 Å². The third-order valence-corrected chi connectivity index (χ3v) is 3.54. The predicted molar refractivity (Wildman–Crippen MR) is 81.7 cm³/mol. The van der Waals surface area contributed by atoms with E-state index >= 15 is 0 Å². The third kappa shape index (κ3) is 2.44. The summed E-state index contributed by atoms with van der Waals surface area (Å²) < 4.78 is 0.972. The SMILES string of the molecule is Cc1cccc(Nc2ncnc3c(Br)cccc23)c1. The molecule has 3 nitrogen and oxygen atoms in total. The molecule has 4 heteroatoms. The van der Waals surface area contributed by atoms with Crippen LogP contribution < -0.4 is 5.32 Å². The van der Waals surface area contributed by atoms with Gasteiger partial charge in [-0.15, -0.1) is 0 Å². The average molecular weight is 314 g/mol. The number of anilines is 2. The number of hydrogen-bond donors (Lipinski definition) is 1. The number of halogens is 1. The van der Waals surface area contributed by atoms with Crippen LogP contribution in [0.5, 0.6) is 0 Å². The second-order valence-electron chi connectivity index (χ2n) is 4.35. The Balaban J connectivity index is 2.08. The molecule has 0 spiro atoms. The molecule has 0 aliphatic heterocycles. The van der Waals surface area contributed by atoms with Gasteiger partial charge in [0.25, 0.3) is 0 Å². The Kier molecular flexibility index (Phi) is 3.17. The fourth-order valence-electron chi connectivity index (χ4n) is 2.01. The highest BCUT2D eigenvalue weighted by atomic mass is 79.9. The first-order valence-corrected chi connectivity index (χ1v) is 6.76. The zero-order valence-corrected chi connectivity index (χ0v) is 12.0. The topological polar surface area (TPSA) is 37.8 Å². The second kappa shape index (κ2) is 4.97. The van der Waals surface area contributed by atoms with Crippen LogP contribution in [0.25, 0.3) is 10.9 Å². The summed E-state index contributed by atoms with van der Waals surface area (Å²) in [4.78, 5) is 8.63. The van der Waals surface area contributed by atoms with Gasteiger partial charge in [0, 0.05) is 15.5 Å². The maximum absolute atomic E-state index is 4.33. The van der Waals surface area contributed by atoms with Gasteiger partial charge >= 0.3 is 0 Å². The van der Waals surface area contributed by atoms with Gasteiger partial charge < -0.3 is 5.32 Å². The van der Waals surface area contributed by atoms with Gasteiger partial charge in [0.2, 0.25) is 0 Å². The Morgan fingerprint density at radius 2 is 1.89 bits per heavy atom. The molecule has 0 aliphatic carbocycles. The summed E-state index contributed by atoms with van der Waals surface area (Å²) >= 11 is 3.51. The van der Waals surface area contributed by atoms with E-state index in [1.165, 1.54) is 5.56 Å². The number of aromatic nitrogens is 2. The Morgan fingerprint density at radius 3 is 2.74 bits per heavy atom. The first kappa shape index (κ1) is 12.1. The summed E-state index contributed by atoms with van der Waals surface area (Å²) in [6.45, 7) is 2.07. The molecule has 94 valence electrons. The molecule has 2 aromatic carbocycles. The lowest BCUT2D eigenvalue weighted by atomic mass is 10.2. The number of fused-ring (bicyclic) bond motifs is 1. The highest BCUT2D eigenvalue weighted by Gasteiger charge is 2.06. The van der Waals surface area contributed by atoms with Gasteiger partial charge in [-0.1, -0.05) is 18.2 Å². The van der Waals surface area contributed by atoms with Crippen LogP contribution >= 0.6 is 15.9 Å². The number of rotatable bonds is 2. The standard InChI is InChI=1S/C15H12BrN3/c1-10-4-2-5-11(8-10)19-15-12-6-3-7-13(16)14(12)17-9-18-15/h2-9H,1H3,(H,17,18,19). The number of nitrogens with zero attached hydrogens (tertiary/aromatic N) is 2. The number of para-hydroxylation sites is 1. The van der Waals surface area contributed by atoms with Crippen molar-refractivity contribution in [1.29, 1.82) is 0 Å². The lowest BCUT2D eigenvalue weighted by Gasteiger charge is -2.09. The molecule has 1 N–H and O–H groups in total. The normalized spacial score (nSPS) is 10.6. The minimum absolute atomic E-state index is 0.817. The van der Waals surface area contributed by atoms with Crippen molar-refractivity contribution in [3.8, 4) is 0 Å². The summed E-state index contributed by atoms with van der Waals surface area (Å²) in [5.41, 5.74) is 3.15. The summed E-state index contributed by atoms with van der Waals surface area (Å²) in [6, 6.07) is 14.2. The third-order valence-electron chi connectivity index (χ3n) is 2.90. The van der Waals surface area contributed by atoms with Crippen LogP contribution in [0, 0.1) is 6.92 Å². The molecule has 0 aliphatic rings. The van der Waals surface area contributed by atoms with E-state index in [2.05, 4.69) is 50.3 Å². The van der Waals surface area contributed by atoms with Crippen LogP contribution in [-0.4, -0.2) is 9.97 Å². The summed E-state index contributed by atoms with van der Waals surface area (Å²) in [5, 5.41) is 4.34. The highest BCUT2D eigenvalue weighted by molar-refractivity contribution is 9.10. The molecule has 19 heavy (non-hydrogen) atoms. The molecule has 1 heterocycles. The van der Waals surface area contributed by atoms with E-state index in [4.69, 9.17) is 0 Å². The monoisotopic (exact) mass is 313 g/mol. The van der Waals surface area contributed by atoms with E-state index in [1.54, 1.807) is 6.33 Å². The minimum Gasteiger partial charge on any atom is -0.340 e. The lowest BCUT2D eigenvalue weighted by molar-refractivity contribution is 1.21. The van der Waals surface area contributed by atoms with Crippen molar-refractivity contribution in [2.45, 2.75) is 6.92 Å². The van der Waals surface area contributed by atoms with E-state index in [0.29, 0.717) is 0 Å². The smallest absolute Gasteiger partial charge is 0.141 e. The first-order valence-electron chi connectivity index (χ1n) is 5.97. The van der Waals surface area contributed by atoms with Crippen LogP contribution in [0.1, 0.15) is 5.56 Å². The van der Waals surface area contributed by atoms with Gasteiger partial charge in [-0.2, -0.15) is 0 Å². The summed E-state index contributed by atoms with van der Waals surface area (Å²) in [7, 11) is 0. The molecule has 0 fully saturated rings. The lowest BCUT2D eigenvalue weighted by Crippen LogP contribution is -1.96. The number of nitrogens with one attached hydrogen (secondary N) is 1. The molecular formula is C15H12BrN3. The average Bonchev–Trinajstić information content (AvgIpc) is 2.40. The molecule has 3 aromatic rings. The zero-order valence-electron chi connectivity index (χ0n) is 10.4. The molecule has 0 amide bonds. The number of benzene rings is 2. The van der Waals surface area contributed by atoms with E-state index in [0.717, 1.165) is 26.9 Å². The quantitative estimate of drug-likeness (QED) is 0.759. The van der Waals surface area contributed by atoms with Gasteiger partial charge in [-0.3, -0.25) is 0 Å². The second-order valence-corrected chi connectivity index (χ2v) is 5.21. The van der Waals surface area contributed by atoms with Crippen molar-refractivity contribution in [3.63, 3.8) is 0 Å². The van der Waals surface area contributed by atoms with Gasteiger partial charge in [0.05, 0.1) is 5.52 Å². The first-order chi connectivity index (χ1) is 9.24. The van der Waals surface area contributed by atoms with Crippen LogP contribution in [0.4, 0.5) is 11.5 Å². The number of aryl methyl sites for hydroxylation is 1. The van der Waals surface area contributed by atoms with Crippen molar-refractivity contribution in [3.05, 3.63) is 58.8 Å². The molecular weight excluding hydrogens is 302 g/mol. The summed E-state index contributed by atoms with van der Waals surface area (Å²) in [6.07, 6.45) is 1.57. The summed E-state index contributed by atoms with van der Waals surface area (Å²) in [5.74, 6) is 0.817. The predicted octanol–water partition coefficient (Wildman–Crippen LogP) is 4.44. The maximum atomic E-state index is 4.33. The maximum Gasteiger partial charge on any atom is 0.141 e. The minimum atomic E-state index is 0.817. The fourth-order valence-corrected chi connectivity index (χ4v) is 2.48. The van der Waals surface area contributed by atoms with Crippen molar-refractivity contribution in [2.75, 3.05) is 5.32 Å². The Morgan fingerprint density at radius 1 is 1.05 bits per heavy atom. The molecule has 1 aromatic heterocycles. The van der Waals surface area contributed by atoms with E-state index < -0.39 is 0 Å². The van der Waals surface area contributed by atoms with Crippen LogP contribution in [0.3, 0.4) is 0 Å². The Labute approximate surface area is 119 Å². The van der Waals surface area contributed by atoms with E-state index in [9.17, 15) is 0 Å². The van der Waals surface area contributed by atoms with Crippen LogP contribution in [-0.2, 0) is 0 Å². The molecule has 0 atom stereocenters. The van der Waals surface area contributed by atoms with Gasteiger partial charge in [0.15, 0.2) is 0 Å². The van der Waals surface area contributed by atoms with Gasteiger partial charge in [-0.05, 0) is 52.7 Å². The fraction of sp³-hybridized carbons (Fsp3) is 0.0667. The van der Waals surface area contributed by atoms with Crippen LogP contribution in [0.2, 0.25) is 0 Å². The Hall–Kier alpha value is -1.94. The molecule has 0 unspecified atom stereocenters. The molecule has 3 rings (SSSR count). The molecule has 0 saturated carbocycles. The molecule has 0 saturated heterocycles. The molecule has 0 radical (unpaired) electrons. The van der Waals surface area contributed by atoms with E-state index in [-0.39, 0.29) is 0 Å². The molecule has 0 bridgehead atoms.